The molecule has 1 aromatic rings. The number of rotatable bonds is 7. The van der Waals surface area contributed by atoms with Crippen LogP contribution in [-0.4, -0.2) is 37.8 Å². The minimum Gasteiger partial charge on any atom is -0.351 e. The molecule has 1 saturated heterocycles. The summed E-state index contributed by atoms with van der Waals surface area (Å²) in [5.74, 6) is -0.339. The molecule has 1 aliphatic heterocycles. The molecule has 132 valence electrons. The maximum Gasteiger partial charge on any atom is 0.238 e. The van der Waals surface area contributed by atoms with Gasteiger partial charge in [0.2, 0.25) is 11.8 Å². The van der Waals surface area contributed by atoms with E-state index in [1.54, 1.807) is 11.8 Å². The Bertz CT molecular complexity index is 698. The topological polar surface area (TPSA) is 83.6 Å². The maximum absolute atomic E-state index is 12.0. The second-order valence-corrected chi connectivity index (χ2v) is 8.48. The number of nitrogens with zero attached hydrogens (tertiary/aromatic N) is 1. The second-order valence-electron chi connectivity index (χ2n) is 6.04. The molecule has 2 rings (SSSR count). The zero-order valence-corrected chi connectivity index (χ0v) is 14.9. The molecule has 0 radical (unpaired) electrons. The lowest BCUT2D eigenvalue weighted by Gasteiger charge is -2.16. The van der Waals surface area contributed by atoms with Gasteiger partial charge in [0.25, 0.3) is 0 Å². The molecule has 0 spiro atoms. The molecule has 6 nitrogen and oxygen atoms in total. The van der Waals surface area contributed by atoms with Gasteiger partial charge >= 0.3 is 0 Å². The molecule has 1 fully saturated rings. The highest BCUT2D eigenvalue weighted by atomic mass is 32.2. The molecular weight excluding hydrogens is 328 g/mol. The van der Waals surface area contributed by atoms with Gasteiger partial charge in [0.1, 0.15) is 5.25 Å². The number of carbonyl (C=O) groups excluding carboxylic acids is 2. The third-order valence-electron chi connectivity index (χ3n) is 4.18. The first-order valence-electron chi connectivity index (χ1n) is 8.23. The highest BCUT2D eigenvalue weighted by Crippen LogP contribution is 2.21. The van der Waals surface area contributed by atoms with Crippen molar-refractivity contribution in [2.45, 2.75) is 44.9 Å². The van der Waals surface area contributed by atoms with Crippen LogP contribution in [0.5, 0.6) is 0 Å². The van der Waals surface area contributed by atoms with Crippen molar-refractivity contribution >= 4 is 27.3 Å². The molecule has 0 aromatic heterocycles. The first-order chi connectivity index (χ1) is 11.3. The molecule has 2 amide bonds. The molecule has 1 heterocycles. The maximum atomic E-state index is 12.0. The van der Waals surface area contributed by atoms with Crippen LogP contribution in [0.3, 0.4) is 0 Å². The summed E-state index contributed by atoms with van der Waals surface area (Å²) in [4.78, 5) is 25.5. The van der Waals surface area contributed by atoms with E-state index in [1.165, 1.54) is 6.92 Å². The van der Waals surface area contributed by atoms with Gasteiger partial charge in [0.05, 0.1) is 5.75 Å². The van der Waals surface area contributed by atoms with Crippen LogP contribution >= 0.6 is 0 Å². The minimum absolute atomic E-state index is 0.0140. The molecule has 1 aliphatic rings. The molecule has 1 aromatic carbocycles. The monoisotopic (exact) mass is 352 g/mol. The van der Waals surface area contributed by atoms with E-state index in [4.69, 9.17) is 0 Å². The Morgan fingerprint density at radius 3 is 2.50 bits per heavy atom. The summed E-state index contributed by atoms with van der Waals surface area (Å²) in [7, 11) is -3.39. The summed E-state index contributed by atoms with van der Waals surface area (Å²) in [6.45, 7) is 4.19. The Morgan fingerprint density at radius 1 is 1.29 bits per heavy atom. The molecule has 0 bridgehead atoms. The summed E-state index contributed by atoms with van der Waals surface area (Å²) < 4.78 is 23.8. The number of anilines is 1. The minimum atomic E-state index is -3.39. The summed E-state index contributed by atoms with van der Waals surface area (Å²) in [5.41, 5.74) is 1.71. The van der Waals surface area contributed by atoms with Crippen LogP contribution in [0.2, 0.25) is 0 Å². The zero-order valence-electron chi connectivity index (χ0n) is 14.1. The van der Waals surface area contributed by atoms with Crippen molar-refractivity contribution < 1.29 is 18.0 Å². The SMILES string of the molecule is CCCS(=O)(=O)C(C)C(=O)NCc1ccc(N2CCCC2=O)cc1. The normalized spacial score (nSPS) is 16.2. The van der Waals surface area contributed by atoms with Gasteiger partial charge in [-0.15, -0.1) is 0 Å². The van der Waals surface area contributed by atoms with E-state index in [9.17, 15) is 18.0 Å². The lowest BCUT2D eigenvalue weighted by Crippen LogP contribution is -2.38. The van der Waals surface area contributed by atoms with Gasteiger partial charge in [-0.3, -0.25) is 9.59 Å². The number of hydrogen-bond donors (Lipinski definition) is 1. The average molecular weight is 352 g/mol. The quantitative estimate of drug-likeness (QED) is 0.809. The van der Waals surface area contributed by atoms with E-state index in [1.807, 2.05) is 24.3 Å². The van der Waals surface area contributed by atoms with Crippen molar-refractivity contribution in [3.8, 4) is 0 Å². The summed E-state index contributed by atoms with van der Waals surface area (Å²) in [5, 5.41) is 1.62. The molecule has 1 atom stereocenters. The van der Waals surface area contributed by atoms with E-state index in [-0.39, 0.29) is 18.2 Å². The average Bonchev–Trinajstić information content (AvgIpc) is 2.98. The smallest absolute Gasteiger partial charge is 0.238 e. The fourth-order valence-corrected chi connectivity index (χ4v) is 4.00. The van der Waals surface area contributed by atoms with Crippen LogP contribution in [0.1, 0.15) is 38.7 Å². The third-order valence-corrected chi connectivity index (χ3v) is 6.45. The van der Waals surface area contributed by atoms with Crippen molar-refractivity contribution in [3.63, 3.8) is 0 Å². The number of sulfone groups is 1. The zero-order chi connectivity index (χ0) is 17.7. The van der Waals surface area contributed by atoms with Crippen LogP contribution < -0.4 is 10.2 Å². The molecule has 1 N–H and O–H groups in total. The van der Waals surface area contributed by atoms with Crippen LogP contribution in [0, 0.1) is 0 Å². The first kappa shape index (κ1) is 18.4. The number of nitrogens with one attached hydrogen (secondary N) is 1. The van der Waals surface area contributed by atoms with E-state index < -0.39 is 21.0 Å². The van der Waals surface area contributed by atoms with E-state index in [0.717, 1.165) is 24.2 Å². The van der Waals surface area contributed by atoms with E-state index in [0.29, 0.717) is 12.8 Å². The lowest BCUT2D eigenvalue weighted by atomic mass is 10.2. The Kier molecular flexibility index (Phi) is 5.99. The molecule has 0 saturated carbocycles. The lowest BCUT2D eigenvalue weighted by molar-refractivity contribution is -0.120. The molecule has 0 aliphatic carbocycles. The van der Waals surface area contributed by atoms with Crippen LogP contribution in [0.25, 0.3) is 0 Å². The Labute approximate surface area is 143 Å². The molecule has 1 unspecified atom stereocenters. The number of hydrogen-bond acceptors (Lipinski definition) is 4. The first-order valence-corrected chi connectivity index (χ1v) is 9.95. The van der Waals surface area contributed by atoms with Gasteiger partial charge in [-0.1, -0.05) is 19.1 Å². The highest BCUT2D eigenvalue weighted by molar-refractivity contribution is 7.92. The fraction of sp³-hybridized carbons (Fsp3) is 0.529. The van der Waals surface area contributed by atoms with Gasteiger partial charge in [-0.2, -0.15) is 0 Å². The third kappa shape index (κ3) is 4.35. The molecule has 24 heavy (non-hydrogen) atoms. The Morgan fingerprint density at radius 2 is 1.96 bits per heavy atom. The number of carbonyl (C=O) groups is 2. The van der Waals surface area contributed by atoms with Crippen LogP contribution in [0.15, 0.2) is 24.3 Å². The summed E-state index contributed by atoms with van der Waals surface area (Å²) in [6, 6.07) is 7.38. The van der Waals surface area contributed by atoms with Crippen LogP contribution in [-0.2, 0) is 26.0 Å². The van der Waals surface area contributed by atoms with Gasteiger partial charge < -0.3 is 10.2 Å². The Hall–Kier alpha value is -1.89. The second kappa shape index (κ2) is 7.79. The highest BCUT2D eigenvalue weighted by Gasteiger charge is 2.26. The van der Waals surface area contributed by atoms with E-state index in [2.05, 4.69) is 5.32 Å². The van der Waals surface area contributed by atoms with Crippen molar-refractivity contribution in [1.29, 1.82) is 0 Å². The van der Waals surface area contributed by atoms with Gasteiger partial charge in [0, 0.05) is 25.2 Å². The standard InChI is InChI=1S/C17H24N2O4S/c1-3-11-24(22,23)13(2)17(21)18-12-14-6-8-15(9-7-14)19-10-4-5-16(19)20/h6-9,13H,3-5,10-12H2,1-2H3,(H,18,21). The van der Waals surface area contributed by atoms with Crippen molar-refractivity contribution in [2.24, 2.45) is 0 Å². The predicted octanol–water partition coefficient (Wildman–Crippen LogP) is 1.64. The summed E-state index contributed by atoms with van der Waals surface area (Å²) in [6.07, 6.45) is 1.96. The fourth-order valence-electron chi connectivity index (χ4n) is 2.67. The van der Waals surface area contributed by atoms with E-state index >= 15 is 0 Å². The number of amides is 2. The van der Waals surface area contributed by atoms with Crippen molar-refractivity contribution in [1.82, 2.24) is 5.32 Å². The van der Waals surface area contributed by atoms with Crippen molar-refractivity contribution in [3.05, 3.63) is 29.8 Å². The van der Waals surface area contributed by atoms with Gasteiger partial charge in [0.15, 0.2) is 9.84 Å². The largest absolute Gasteiger partial charge is 0.351 e. The Balaban J connectivity index is 1.92. The number of benzene rings is 1. The molecular formula is C17H24N2O4S. The summed E-state index contributed by atoms with van der Waals surface area (Å²) >= 11 is 0. The predicted molar refractivity (Wildman–Crippen MR) is 93.4 cm³/mol. The molecule has 7 heteroatoms. The van der Waals surface area contributed by atoms with Crippen molar-refractivity contribution in [2.75, 3.05) is 17.2 Å². The van der Waals surface area contributed by atoms with Gasteiger partial charge in [-0.05, 0) is 37.5 Å². The van der Waals surface area contributed by atoms with Gasteiger partial charge in [-0.25, -0.2) is 8.42 Å². The van der Waals surface area contributed by atoms with Crippen LogP contribution in [0.4, 0.5) is 5.69 Å².